The van der Waals surface area contributed by atoms with Crippen molar-refractivity contribution < 1.29 is 4.39 Å². The van der Waals surface area contributed by atoms with Gasteiger partial charge in [-0.25, -0.2) is 4.39 Å². The van der Waals surface area contributed by atoms with Gasteiger partial charge in [0.25, 0.3) is 5.56 Å². The number of fused-ring (bicyclic) bond motifs is 1. The first kappa shape index (κ1) is 21.6. The molecule has 5 nitrogen and oxygen atoms in total. The first-order valence-corrected chi connectivity index (χ1v) is 10.6. The highest BCUT2D eigenvalue weighted by molar-refractivity contribution is 7.80. The molecule has 0 aliphatic carbocycles. The number of nitrogens with zero attached hydrogens (tertiary/aromatic N) is 2. The molecule has 0 atom stereocenters. The molecular formula is C25H23FN4OS. The van der Waals surface area contributed by atoms with Crippen LogP contribution in [0.5, 0.6) is 0 Å². The van der Waals surface area contributed by atoms with E-state index in [1.54, 1.807) is 24.5 Å². The Bertz CT molecular complexity index is 1320. The lowest BCUT2D eigenvalue weighted by molar-refractivity contribution is 0.410. The molecule has 4 rings (SSSR count). The number of rotatable bonds is 5. The molecule has 162 valence electrons. The number of aromatic amines is 1. The van der Waals surface area contributed by atoms with Crippen molar-refractivity contribution in [3.63, 3.8) is 0 Å². The normalized spacial score (nSPS) is 10.8. The number of halogens is 1. The van der Waals surface area contributed by atoms with Crippen LogP contribution in [0.25, 0.3) is 10.9 Å². The van der Waals surface area contributed by atoms with Crippen LogP contribution < -0.4 is 10.9 Å². The number of anilines is 1. The molecule has 0 aliphatic heterocycles. The van der Waals surface area contributed by atoms with Crippen molar-refractivity contribution in [2.24, 2.45) is 0 Å². The average molecular weight is 447 g/mol. The SMILES string of the molecule is Cc1ccc2cc(CN(Cc3cccnc3)C(=S)Nc3ccc(F)cc3)c(=O)[nH]c2c1C. The van der Waals surface area contributed by atoms with Crippen LogP contribution in [0, 0.1) is 19.7 Å². The fourth-order valence-electron chi connectivity index (χ4n) is 3.54. The molecule has 0 fully saturated rings. The van der Waals surface area contributed by atoms with E-state index in [0.717, 1.165) is 27.6 Å². The van der Waals surface area contributed by atoms with Gasteiger partial charge in [0.05, 0.1) is 12.1 Å². The zero-order valence-corrected chi connectivity index (χ0v) is 18.7. The third-order valence-electron chi connectivity index (χ3n) is 5.47. The predicted molar refractivity (Wildman–Crippen MR) is 130 cm³/mol. The van der Waals surface area contributed by atoms with E-state index in [9.17, 15) is 9.18 Å². The van der Waals surface area contributed by atoms with E-state index in [1.165, 1.54) is 12.1 Å². The lowest BCUT2D eigenvalue weighted by Crippen LogP contribution is -2.35. The van der Waals surface area contributed by atoms with Crippen LogP contribution in [0.3, 0.4) is 0 Å². The molecule has 7 heteroatoms. The summed E-state index contributed by atoms with van der Waals surface area (Å²) in [5.74, 6) is -0.318. The Hall–Kier alpha value is -3.58. The van der Waals surface area contributed by atoms with Gasteiger partial charge in [0.2, 0.25) is 0 Å². The highest BCUT2D eigenvalue weighted by Gasteiger charge is 2.15. The monoisotopic (exact) mass is 446 g/mol. The summed E-state index contributed by atoms with van der Waals surface area (Å²) in [6.45, 7) is 4.80. The number of benzene rings is 2. The minimum Gasteiger partial charge on any atom is -0.340 e. The zero-order valence-electron chi connectivity index (χ0n) is 17.9. The standard InChI is InChI=1S/C25H23FN4OS/c1-16-5-6-19-12-20(24(31)29-23(19)17(16)2)15-30(14-18-4-3-11-27-13-18)25(32)28-22-9-7-21(26)8-10-22/h3-13H,14-15H2,1-2H3,(H,28,32)(H,29,31). The summed E-state index contributed by atoms with van der Waals surface area (Å²) in [5.41, 5.74) is 5.13. The molecule has 0 spiro atoms. The van der Waals surface area contributed by atoms with Crippen molar-refractivity contribution in [1.82, 2.24) is 14.9 Å². The molecule has 2 aromatic carbocycles. The molecule has 4 aromatic rings. The van der Waals surface area contributed by atoms with Crippen molar-refractivity contribution in [1.29, 1.82) is 0 Å². The Morgan fingerprint density at radius 1 is 1.12 bits per heavy atom. The highest BCUT2D eigenvalue weighted by Crippen LogP contribution is 2.20. The van der Waals surface area contributed by atoms with Crippen LogP contribution in [0.15, 0.2) is 71.8 Å². The van der Waals surface area contributed by atoms with Gasteiger partial charge < -0.3 is 15.2 Å². The fraction of sp³-hybridized carbons (Fsp3) is 0.160. The lowest BCUT2D eigenvalue weighted by Gasteiger charge is -2.26. The molecule has 0 bridgehead atoms. The summed E-state index contributed by atoms with van der Waals surface area (Å²) in [7, 11) is 0. The number of nitrogens with one attached hydrogen (secondary N) is 2. The Morgan fingerprint density at radius 2 is 1.91 bits per heavy atom. The first-order valence-electron chi connectivity index (χ1n) is 10.2. The van der Waals surface area contributed by atoms with E-state index in [2.05, 4.69) is 15.3 Å². The average Bonchev–Trinajstić information content (AvgIpc) is 2.79. The minimum absolute atomic E-state index is 0.146. The van der Waals surface area contributed by atoms with E-state index in [1.807, 2.05) is 49.1 Å². The molecule has 0 saturated carbocycles. The topological polar surface area (TPSA) is 61.0 Å². The summed E-state index contributed by atoms with van der Waals surface area (Å²) in [6, 6.07) is 15.8. The first-order chi connectivity index (χ1) is 15.4. The maximum atomic E-state index is 13.3. The number of pyridine rings is 2. The van der Waals surface area contributed by atoms with Gasteiger partial charge in [-0.05, 0) is 84.5 Å². The minimum atomic E-state index is -0.318. The summed E-state index contributed by atoms with van der Waals surface area (Å²) in [5, 5.41) is 4.55. The van der Waals surface area contributed by atoms with E-state index in [0.29, 0.717) is 29.5 Å². The van der Waals surface area contributed by atoms with E-state index >= 15 is 0 Å². The largest absolute Gasteiger partial charge is 0.340 e. The van der Waals surface area contributed by atoms with Crippen LogP contribution in [0.2, 0.25) is 0 Å². The van der Waals surface area contributed by atoms with Crippen LogP contribution in [0.1, 0.15) is 22.3 Å². The number of aromatic nitrogens is 2. The second-order valence-electron chi connectivity index (χ2n) is 7.75. The van der Waals surface area contributed by atoms with Gasteiger partial charge in [0, 0.05) is 30.2 Å². The van der Waals surface area contributed by atoms with Gasteiger partial charge in [-0.15, -0.1) is 0 Å². The van der Waals surface area contributed by atoms with E-state index < -0.39 is 0 Å². The Kier molecular flexibility index (Phi) is 6.28. The molecule has 0 saturated heterocycles. The van der Waals surface area contributed by atoms with E-state index in [4.69, 9.17) is 12.2 Å². The van der Waals surface area contributed by atoms with Crippen molar-refractivity contribution in [3.05, 3.63) is 105 Å². The second kappa shape index (κ2) is 9.28. The fourth-order valence-corrected chi connectivity index (χ4v) is 3.79. The molecule has 0 unspecified atom stereocenters. The lowest BCUT2D eigenvalue weighted by atomic mass is 10.0. The summed E-state index contributed by atoms with van der Waals surface area (Å²) >= 11 is 5.65. The molecule has 2 N–H and O–H groups in total. The summed E-state index contributed by atoms with van der Waals surface area (Å²) < 4.78 is 13.3. The molecule has 2 aromatic heterocycles. The third-order valence-corrected chi connectivity index (χ3v) is 5.83. The molecule has 0 radical (unpaired) electrons. The van der Waals surface area contributed by atoms with Gasteiger partial charge in [-0.2, -0.15) is 0 Å². The zero-order chi connectivity index (χ0) is 22.7. The van der Waals surface area contributed by atoms with Crippen molar-refractivity contribution in [2.45, 2.75) is 26.9 Å². The van der Waals surface area contributed by atoms with E-state index in [-0.39, 0.29) is 11.4 Å². The maximum Gasteiger partial charge on any atom is 0.253 e. The predicted octanol–water partition coefficient (Wildman–Crippen LogP) is 5.08. The summed E-state index contributed by atoms with van der Waals surface area (Å²) in [4.78, 5) is 22.0. The van der Waals surface area contributed by atoms with Gasteiger partial charge in [-0.3, -0.25) is 9.78 Å². The number of thiocarbonyl (C=S) groups is 1. The highest BCUT2D eigenvalue weighted by atomic mass is 32.1. The number of hydrogen-bond donors (Lipinski definition) is 2. The molecule has 0 amide bonds. The Balaban J connectivity index is 1.66. The maximum absolute atomic E-state index is 13.3. The smallest absolute Gasteiger partial charge is 0.253 e. The third kappa shape index (κ3) is 4.84. The molecule has 2 heterocycles. The van der Waals surface area contributed by atoms with Crippen molar-refractivity contribution in [2.75, 3.05) is 5.32 Å². The quantitative estimate of drug-likeness (QED) is 0.419. The van der Waals surface area contributed by atoms with Crippen LogP contribution >= 0.6 is 12.2 Å². The number of H-pyrrole nitrogens is 1. The van der Waals surface area contributed by atoms with Gasteiger partial charge in [0.15, 0.2) is 5.11 Å². The van der Waals surface area contributed by atoms with Gasteiger partial charge in [0.1, 0.15) is 5.82 Å². The van der Waals surface area contributed by atoms with Crippen molar-refractivity contribution >= 4 is 33.9 Å². The number of aryl methyl sites for hydroxylation is 2. The van der Waals surface area contributed by atoms with Gasteiger partial charge >= 0.3 is 0 Å². The van der Waals surface area contributed by atoms with Crippen molar-refractivity contribution in [3.8, 4) is 0 Å². The summed E-state index contributed by atoms with van der Waals surface area (Å²) in [6.07, 6.45) is 3.48. The molecule has 32 heavy (non-hydrogen) atoms. The van der Waals surface area contributed by atoms with Crippen LogP contribution in [-0.4, -0.2) is 20.0 Å². The van der Waals surface area contributed by atoms with Gasteiger partial charge in [-0.1, -0.05) is 18.2 Å². The number of hydrogen-bond acceptors (Lipinski definition) is 3. The molecule has 0 aliphatic rings. The molecular weight excluding hydrogens is 423 g/mol. The van der Waals surface area contributed by atoms with Crippen LogP contribution in [0.4, 0.5) is 10.1 Å². The van der Waals surface area contributed by atoms with Crippen LogP contribution in [-0.2, 0) is 13.1 Å². The second-order valence-corrected chi connectivity index (χ2v) is 8.14. The Morgan fingerprint density at radius 3 is 2.62 bits per heavy atom. The Labute approximate surface area is 190 Å².